The first-order valence-electron chi connectivity index (χ1n) is 6.42. The number of likely N-dealkylation sites (N-methyl/N-ethyl adjacent to an activating group) is 1. The van der Waals surface area contributed by atoms with Crippen molar-refractivity contribution in [3.63, 3.8) is 0 Å². The monoisotopic (exact) mass is 296 g/mol. The van der Waals surface area contributed by atoms with Gasteiger partial charge in [-0.25, -0.2) is 0 Å². The third kappa shape index (κ3) is 2.64. The Bertz CT molecular complexity index is 535. The number of hydrogen-bond acceptors (Lipinski definition) is 3. The Morgan fingerprint density at radius 2 is 2.00 bits per heavy atom. The molecule has 0 spiro atoms. The number of carbonyl (C=O) groups excluding carboxylic acids is 2. The maximum Gasteiger partial charge on any atom is 0.255 e. The largest absolute Gasteiger partial charge is 0.390 e. The van der Waals surface area contributed by atoms with E-state index in [0.29, 0.717) is 23.4 Å². The second-order valence-electron chi connectivity index (χ2n) is 5.04. The van der Waals surface area contributed by atoms with Crippen molar-refractivity contribution in [1.29, 1.82) is 0 Å². The summed E-state index contributed by atoms with van der Waals surface area (Å²) in [5.41, 5.74) is 5.62. The van der Waals surface area contributed by atoms with E-state index in [0.717, 1.165) is 0 Å². The Balaban J connectivity index is 2.16. The number of aliphatic hydroxyl groups is 1. The molecule has 3 N–H and O–H groups in total. The molecule has 1 aliphatic rings. The van der Waals surface area contributed by atoms with E-state index in [2.05, 4.69) is 0 Å². The Kier molecular flexibility index (Phi) is 4.30. The smallest absolute Gasteiger partial charge is 0.255 e. The normalized spacial score (nSPS) is 25.4. The molecule has 0 bridgehead atoms. The quantitative estimate of drug-likeness (QED) is 0.874. The van der Waals surface area contributed by atoms with Gasteiger partial charge in [-0.3, -0.25) is 9.59 Å². The maximum absolute atomic E-state index is 12.4. The zero-order valence-corrected chi connectivity index (χ0v) is 11.9. The lowest BCUT2D eigenvalue weighted by atomic mass is 10.0. The van der Waals surface area contributed by atoms with Gasteiger partial charge in [0.05, 0.1) is 28.6 Å². The lowest BCUT2D eigenvalue weighted by Gasteiger charge is -2.28. The second-order valence-corrected chi connectivity index (χ2v) is 5.45. The first-order valence-corrected chi connectivity index (χ1v) is 6.80. The van der Waals surface area contributed by atoms with Crippen LogP contribution in [-0.2, 0) is 4.79 Å². The van der Waals surface area contributed by atoms with Crippen LogP contribution in [0.4, 0.5) is 0 Å². The highest BCUT2D eigenvalue weighted by Crippen LogP contribution is 2.30. The van der Waals surface area contributed by atoms with E-state index >= 15 is 0 Å². The number of aliphatic hydroxyl groups excluding tert-OH is 1. The number of rotatable bonds is 3. The van der Waals surface area contributed by atoms with Gasteiger partial charge in [0.15, 0.2) is 0 Å². The Morgan fingerprint density at radius 1 is 1.35 bits per heavy atom. The number of nitrogens with zero attached hydrogens (tertiary/aromatic N) is 1. The van der Waals surface area contributed by atoms with Crippen LogP contribution in [0.25, 0.3) is 0 Å². The number of nitrogens with two attached hydrogens (primary N) is 1. The fraction of sp³-hybridized carbons (Fsp3) is 0.429. The Hall–Kier alpha value is -1.59. The summed E-state index contributed by atoms with van der Waals surface area (Å²) in [6.45, 7) is 0. The van der Waals surface area contributed by atoms with E-state index in [-0.39, 0.29) is 5.91 Å². The molecule has 2 amide bonds. The van der Waals surface area contributed by atoms with E-state index in [1.54, 1.807) is 31.3 Å². The van der Waals surface area contributed by atoms with Gasteiger partial charge < -0.3 is 15.7 Å². The first-order chi connectivity index (χ1) is 9.43. The molecule has 1 fully saturated rings. The summed E-state index contributed by atoms with van der Waals surface area (Å²) in [5.74, 6) is -1.40. The molecule has 5 nitrogen and oxygen atoms in total. The molecule has 6 heteroatoms. The summed E-state index contributed by atoms with van der Waals surface area (Å²) >= 11 is 6.00. The Morgan fingerprint density at radius 3 is 2.55 bits per heavy atom. The van der Waals surface area contributed by atoms with Crippen LogP contribution in [0, 0.1) is 5.92 Å². The van der Waals surface area contributed by atoms with Crippen molar-refractivity contribution >= 4 is 23.4 Å². The van der Waals surface area contributed by atoms with Crippen LogP contribution in [0.2, 0.25) is 5.02 Å². The molecule has 2 rings (SSSR count). The second kappa shape index (κ2) is 5.81. The summed E-state index contributed by atoms with van der Waals surface area (Å²) in [7, 11) is 1.60. The van der Waals surface area contributed by atoms with Crippen molar-refractivity contribution in [2.45, 2.75) is 25.0 Å². The minimum absolute atomic E-state index is 0.273. The van der Waals surface area contributed by atoms with Gasteiger partial charge in [0, 0.05) is 7.05 Å². The van der Waals surface area contributed by atoms with Crippen LogP contribution < -0.4 is 5.73 Å². The predicted molar refractivity (Wildman–Crippen MR) is 75.3 cm³/mol. The fourth-order valence-electron chi connectivity index (χ4n) is 2.67. The lowest BCUT2D eigenvalue weighted by molar-refractivity contribution is -0.124. The summed E-state index contributed by atoms with van der Waals surface area (Å²) in [6, 6.07) is 6.32. The molecule has 108 valence electrons. The summed E-state index contributed by atoms with van der Waals surface area (Å²) in [6.07, 6.45) is 0.104. The summed E-state index contributed by atoms with van der Waals surface area (Å²) in [5, 5.41) is 10.5. The number of carbonyl (C=O) groups is 2. The SMILES string of the molecule is CN(C(=O)c1ccccc1Cl)[C@@H]1CC[C@@H](C(N)=O)[C@@H]1O. The van der Waals surface area contributed by atoms with Crippen molar-refractivity contribution in [3.05, 3.63) is 34.9 Å². The van der Waals surface area contributed by atoms with Gasteiger partial charge >= 0.3 is 0 Å². The van der Waals surface area contributed by atoms with Gasteiger partial charge in [0.25, 0.3) is 5.91 Å². The van der Waals surface area contributed by atoms with Crippen molar-refractivity contribution in [2.75, 3.05) is 7.05 Å². The van der Waals surface area contributed by atoms with E-state index in [9.17, 15) is 14.7 Å². The minimum atomic E-state index is -0.927. The van der Waals surface area contributed by atoms with Crippen LogP contribution in [0.1, 0.15) is 23.2 Å². The molecule has 1 aromatic carbocycles. The van der Waals surface area contributed by atoms with Crippen molar-refractivity contribution in [2.24, 2.45) is 11.7 Å². The first kappa shape index (κ1) is 14.8. The van der Waals surface area contributed by atoms with Crippen molar-refractivity contribution in [1.82, 2.24) is 4.90 Å². The molecule has 0 aliphatic heterocycles. The average Bonchev–Trinajstić information content (AvgIpc) is 2.79. The van der Waals surface area contributed by atoms with Crippen molar-refractivity contribution < 1.29 is 14.7 Å². The van der Waals surface area contributed by atoms with E-state index in [1.807, 2.05) is 0 Å². The molecule has 0 radical (unpaired) electrons. The van der Waals surface area contributed by atoms with Crippen LogP contribution in [0.3, 0.4) is 0 Å². The highest BCUT2D eigenvalue weighted by Gasteiger charge is 2.41. The predicted octanol–water partition coefficient (Wildman–Crippen LogP) is 1.04. The average molecular weight is 297 g/mol. The number of halogens is 1. The molecule has 0 unspecified atom stereocenters. The van der Waals surface area contributed by atoms with Gasteiger partial charge in [-0.15, -0.1) is 0 Å². The van der Waals surface area contributed by atoms with Crippen LogP contribution in [-0.4, -0.2) is 41.0 Å². The third-order valence-electron chi connectivity index (χ3n) is 3.87. The zero-order chi connectivity index (χ0) is 14.9. The number of hydrogen-bond donors (Lipinski definition) is 2. The number of benzene rings is 1. The molecule has 1 aliphatic carbocycles. The highest BCUT2D eigenvalue weighted by molar-refractivity contribution is 6.33. The summed E-state index contributed by atoms with van der Waals surface area (Å²) < 4.78 is 0. The van der Waals surface area contributed by atoms with Crippen LogP contribution in [0.15, 0.2) is 24.3 Å². The standard InChI is InChI=1S/C14H17ClN2O3/c1-17(11-7-6-9(12(11)18)13(16)19)14(20)8-4-2-3-5-10(8)15/h2-5,9,11-12,18H,6-7H2,1H3,(H2,16,19)/t9-,11-,12+/m1/s1. The van der Waals surface area contributed by atoms with Gasteiger partial charge in [-0.05, 0) is 25.0 Å². The molecular weight excluding hydrogens is 280 g/mol. The van der Waals surface area contributed by atoms with E-state index in [1.165, 1.54) is 4.90 Å². The van der Waals surface area contributed by atoms with Gasteiger partial charge in [-0.2, -0.15) is 0 Å². The number of primary amides is 1. The topological polar surface area (TPSA) is 83.6 Å². The number of amides is 2. The minimum Gasteiger partial charge on any atom is -0.390 e. The van der Waals surface area contributed by atoms with E-state index < -0.39 is 24.0 Å². The Labute approximate surface area is 122 Å². The summed E-state index contributed by atoms with van der Waals surface area (Å²) in [4.78, 5) is 25.0. The molecular formula is C14H17ClN2O3. The molecule has 1 saturated carbocycles. The van der Waals surface area contributed by atoms with Gasteiger partial charge in [0.1, 0.15) is 0 Å². The molecule has 1 aromatic rings. The van der Waals surface area contributed by atoms with Gasteiger partial charge in [0.2, 0.25) is 5.91 Å². The zero-order valence-electron chi connectivity index (χ0n) is 11.1. The van der Waals surface area contributed by atoms with Crippen molar-refractivity contribution in [3.8, 4) is 0 Å². The molecule has 20 heavy (non-hydrogen) atoms. The fourth-order valence-corrected chi connectivity index (χ4v) is 2.89. The highest BCUT2D eigenvalue weighted by atomic mass is 35.5. The molecule has 0 saturated heterocycles. The van der Waals surface area contributed by atoms with Gasteiger partial charge in [-0.1, -0.05) is 23.7 Å². The maximum atomic E-state index is 12.4. The molecule has 0 heterocycles. The van der Waals surface area contributed by atoms with E-state index in [4.69, 9.17) is 17.3 Å². The van der Waals surface area contributed by atoms with Crippen LogP contribution >= 0.6 is 11.6 Å². The van der Waals surface area contributed by atoms with Crippen LogP contribution in [0.5, 0.6) is 0 Å². The third-order valence-corrected chi connectivity index (χ3v) is 4.20. The lowest BCUT2D eigenvalue weighted by Crippen LogP contribution is -2.45. The molecule has 3 atom stereocenters. The molecule has 0 aromatic heterocycles.